The van der Waals surface area contributed by atoms with Gasteiger partial charge in [0.1, 0.15) is 0 Å². The smallest absolute Gasteiger partial charge is 0.220 e. The third-order valence-electron chi connectivity index (χ3n) is 2.46. The lowest BCUT2D eigenvalue weighted by Crippen LogP contribution is -2.39. The van der Waals surface area contributed by atoms with Gasteiger partial charge in [0.25, 0.3) is 0 Å². The van der Waals surface area contributed by atoms with Gasteiger partial charge in [-0.3, -0.25) is 4.79 Å². The Labute approximate surface area is 73.7 Å². The lowest BCUT2D eigenvalue weighted by Gasteiger charge is -2.25. The van der Waals surface area contributed by atoms with E-state index in [4.69, 9.17) is 5.73 Å². The molecule has 1 amide bonds. The van der Waals surface area contributed by atoms with Gasteiger partial charge in [0.15, 0.2) is 0 Å². The molecule has 1 fully saturated rings. The summed E-state index contributed by atoms with van der Waals surface area (Å²) in [5, 5.41) is 2.86. The number of nitrogens with two attached hydrogens (primary N) is 1. The molecule has 0 bridgehead atoms. The first-order valence-corrected chi connectivity index (χ1v) is 4.71. The van der Waals surface area contributed by atoms with Crippen molar-refractivity contribution in [2.45, 2.75) is 38.6 Å². The SMILES string of the molecule is CC(CN)NC(=O)CC1CCC1. The van der Waals surface area contributed by atoms with E-state index in [9.17, 15) is 4.79 Å². The fourth-order valence-electron chi connectivity index (χ4n) is 1.35. The van der Waals surface area contributed by atoms with Gasteiger partial charge in [0.05, 0.1) is 0 Å². The predicted octanol–water partition coefficient (Wildman–Crippen LogP) is 0.640. The van der Waals surface area contributed by atoms with E-state index in [2.05, 4.69) is 5.32 Å². The molecule has 1 unspecified atom stereocenters. The molecule has 12 heavy (non-hydrogen) atoms. The largest absolute Gasteiger partial charge is 0.352 e. The third kappa shape index (κ3) is 2.81. The van der Waals surface area contributed by atoms with Crippen LogP contribution in [0.25, 0.3) is 0 Å². The van der Waals surface area contributed by atoms with E-state index in [1.165, 1.54) is 19.3 Å². The Morgan fingerprint density at radius 2 is 2.33 bits per heavy atom. The summed E-state index contributed by atoms with van der Waals surface area (Å²) in [5.74, 6) is 0.813. The number of amides is 1. The number of nitrogens with one attached hydrogen (secondary N) is 1. The van der Waals surface area contributed by atoms with Crippen LogP contribution in [-0.4, -0.2) is 18.5 Å². The van der Waals surface area contributed by atoms with Crippen molar-refractivity contribution in [1.29, 1.82) is 0 Å². The number of carbonyl (C=O) groups excluding carboxylic acids is 1. The van der Waals surface area contributed by atoms with Crippen LogP contribution in [0.5, 0.6) is 0 Å². The first-order chi connectivity index (χ1) is 5.72. The molecule has 1 saturated carbocycles. The molecule has 0 saturated heterocycles. The van der Waals surface area contributed by atoms with E-state index in [0.717, 1.165) is 0 Å². The predicted molar refractivity (Wildman–Crippen MR) is 48.6 cm³/mol. The Kier molecular flexibility index (Phi) is 3.53. The molecule has 1 atom stereocenters. The van der Waals surface area contributed by atoms with E-state index in [1.54, 1.807) is 0 Å². The van der Waals surface area contributed by atoms with Crippen LogP contribution in [0.3, 0.4) is 0 Å². The molecular formula is C9H18N2O. The summed E-state index contributed by atoms with van der Waals surface area (Å²) in [5.41, 5.74) is 5.38. The van der Waals surface area contributed by atoms with Gasteiger partial charge in [-0.25, -0.2) is 0 Å². The molecule has 0 heterocycles. The van der Waals surface area contributed by atoms with Crippen molar-refractivity contribution in [3.05, 3.63) is 0 Å². The molecule has 0 aromatic heterocycles. The lowest BCUT2D eigenvalue weighted by molar-refractivity contribution is -0.123. The highest BCUT2D eigenvalue weighted by Gasteiger charge is 2.20. The zero-order valence-corrected chi connectivity index (χ0v) is 7.68. The maximum Gasteiger partial charge on any atom is 0.220 e. The van der Waals surface area contributed by atoms with Crippen LogP contribution in [0, 0.1) is 5.92 Å². The highest BCUT2D eigenvalue weighted by atomic mass is 16.1. The first kappa shape index (κ1) is 9.52. The Hall–Kier alpha value is -0.570. The van der Waals surface area contributed by atoms with Crippen LogP contribution < -0.4 is 11.1 Å². The molecule has 1 aliphatic rings. The van der Waals surface area contributed by atoms with Crippen LogP contribution in [0.15, 0.2) is 0 Å². The Bertz CT molecular complexity index is 146. The van der Waals surface area contributed by atoms with Crippen LogP contribution in [0.4, 0.5) is 0 Å². The summed E-state index contributed by atoms with van der Waals surface area (Å²) in [6, 6.07) is 0.123. The van der Waals surface area contributed by atoms with Crippen molar-refractivity contribution >= 4 is 5.91 Å². The molecular weight excluding hydrogens is 152 g/mol. The highest BCUT2D eigenvalue weighted by Crippen LogP contribution is 2.29. The summed E-state index contributed by atoms with van der Waals surface area (Å²) >= 11 is 0. The van der Waals surface area contributed by atoms with E-state index in [1.807, 2.05) is 6.92 Å². The van der Waals surface area contributed by atoms with Crippen molar-refractivity contribution < 1.29 is 4.79 Å². The van der Waals surface area contributed by atoms with Gasteiger partial charge in [-0.1, -0.05) is 6.42 Å². The normalized spacial score (nSPS) is 19.8. The zero-order valence-electron chi connectivity index (χ0n) is 7.68. The summed E-state index contributed by atoms with van der Waals surface area (Å²) in [6.45, 7) is 2.45. The molecule has 0 spiro atoms. The molecule has 3 nitrogen and oxygen atoms in total. The van der Waals surface area contributed by atoms with E-state index < -0.39 is 0 Å². The minimum Gasteiger partial charge on any atom is -0.352 e. The van der Waals surface area contributed by atoms with Crippen LogP contribution in [-0.2, 0) is 4.79 Å². The van der Waals surface area contributed by atoms with Gasteiger partial charge in [-0.2, -0.15) is 0 Å². The van der Waals surface area contributed by atoms with Crippen molar-refractivity contribution in [3.63, 3.8) is 0 Å². The molecule has 70 valence electrons. The van der Waals surface area contributed by atoms with Gasteiger partial charge in [0.2, 0.25) is 5.91 Å². The van der Waals surface area contributed by atoms with E-state index >= 15 is 0 Å². The molecule has 0 aromatic rings. The van der Waals surface area contributed by atoms with Crippen molar-refractivity contribution in [1.82, 2.24) is 5.32 Å². The number of hydrogen-bond acceptors (Lipinski definition) is 2. The molecule has 0 aromatic carbocycles. The quantitative estimate of drug-likeness (QED) is 0.650. The van der Waals surface area contributed by atoms with Gasteiger partial charge in [-0.05, 0) is 25.7 Å². The first-order valence-electron chi connectivity index (χ1n) is 4.71. The Balaban J connectivity index is 2.10. The summed E-state index contributed by atoms with van der Waals surface area (Å²) in [6.07, 6.45) is 4.45. The Morgan fingerprint density at radius 3 is 2.75 bits per heavy atom. The summed E-state index contributed by atoms with van der Waals surface area (Å²) < 4.78 is 0. The second-order valence-corrected chi connectivity index (χ2v) is 3.71. The van der Waals surface area contributed by atoms with E-state index in [0.29, 0.717) is 18.9 Å². The van der Waals surface area contributed by atoms with Crippen LogP contribution in [0.2, 0.25) is 0 Å². The van der Waals surface area contributed by atoms with Gasteiger partial charge in [-0.15, -0.1) is 0 Å². The average molecular weight is 170 g/mol. The van der Waals surface area contributed by atoms with Crippen LogP contribution in [0.1, 0.15) is 32.6 Å². The number of hydrogen-bond donors (Lipinski definition) is 2. The molecule has 3 heteroatoms. The lowest BCUT2D eigenvalue weighted by atomic mass is 9.83. The zero-order chi connectivity index (χ0) is 8.97. The topological polar surface area (TPSA) is 55.1 Å². The second kappa shape index (κ2) is 4.45. The Morgan fingerprint density at radius 1 is 1.67 bits per heavy atom. The minimum atomic E-state index is 0.123. The summed E-state index contributed by atoms with van der Waals surface area (Å²) in [4.78, 5) is 11.2. The van der Waals surface area contributed by atoms with Crippen LogP contribution >= 0.6 is 0 Å². The van der Waals surface area contributed by atoms with Crippen molar-refractivity contribution in [3.8, 4) is 0 Å². The molecule has 1 aliphatic carbocycles. The maximum absolute atomic E-state index is 11.2. The highest BCUT2D eigenvalue weighted by molar-refractivity contribution is 5.76. The number of rotatable bonds is 4. The molecule has 0 aliphatic heterocycles. The van der Waals surface area contributed by atoms with Gasteiger partial charge < -0.3 is 11.1 Å². The number of carbonyl (C=O) groups is 1. The standard InChI is InChI=1S/C9H18N2O/c1-7(6-10)11-9(12)5-8-3-2-4-8/h7-8H,2-6,10H2,1H3,(H,11,12). The van der Waals surface area contributed by atoms with E-state index in [-0.39, 0.29) is 11.9 Å². The van der Waals surface area contributed by atoms with Gasteiger partial charge in [0, 0.05) is 19.0 Å². The van der Waals surface area contributed by atoms with Crippen molar-refractivity contribution in [2.24, 2.45) is 11.7 Å². The minimum absolute atomic E-state index is 0.123. The third-order valence-corrected chi connectivity index (χ3v) is 2.46. The summed E-state index contributed by atoms with van der Waals surface area (Å²) in [7, 11) is 0. The monoisotopic (exact) mass is 170 g/mol. The fraction of sp³-hybridized carbons (Fsp3) is 0.889. The molecule has 0 radical (unpaired) electrons. The second-order valence-electron chi connectivity index (χ2n) is 3.71. The average Bonchev–Trinajstić information content (AvgIpc) is 1.97. The fourth-order valence-corrected chi connectivity index (χ4v) is 1.35. The maximum atomic E-state index is 11.2. The molecule has 1 rings (SSSR count). The van der Waals surface area contributed by atoms with Gasteiger partial charge >= 0.3 is 0 Å². The molecule has 3 N–H and O–H groups in total. The van der Waals surface area contributed by atoms with Crippen molar-refractivity contribution in [2.75, 3.05) is 6.54 Å².